The van der Waals surface area contributed by atoms with Gasteiger partial charge in [0.05, 0.1) is 0 Å². The van der Waals surface area contributed by atoms with Gasteiger partial charge in [-0.05, 0) is 30.7 Å². The van der Waals surface area contributed by atoms with Crippen molar-refractivity contribution in [2.75, 3.05) is 19.7 Å². The molecular weight excluding hydrogens is 252 g/mol. The Morgan fingerprint density at radius 2 is 1.95 bits per heavy atom. The van der Waals surface area contributed by atoms with Gasteiger partial charge in [-0.15, -0.1) is 0 Å². The summed E-state index contributed by atoms with van der Waals surface area (Å²) in [7, 11) is 0. The van der Waals surface area contributed by atoms with Crippen LogP contribution in [0.5, 0.6) is 0 Å². The van der Waals surface area contributed by atoms with Crippen molar-refractivity contribution in [1.82, 2.24) is 10.2 Å². The fourth-order valence-electron chi connectivity index (χ4n) is 2.99. The van der Waals surface area contributed by atoms with Crippen LogP contribution in [0.1, 0.15) is 30.7 Å². The molecule has 0 radical (unpaired) electrons. The third-order valence-electron chi connectivity index (χ3n) is 4.49. The van der Waals surface area contributed by atoms with Crippen LogP contribution in [-0.4, -0.2) is 41.8 Å². The zero-order valence-corrected chi connectivity index (χ0v) is 11.7. The van der Waals surface area contributed by atoms with E-state index in [1.165, 1.54) is 5.56 Å². The van der Waals surface area contributed by atoms with Crippen molar-refractivity contribution in [1.29, 1.82) is 0 Å². The number of nitrogens with one attached hydrogen (secondary N) is 1. The minimum absolute atomic E-state index is 0.0600. The van der Waals surface area contributed by atoms with Crippen molar-refractivity contribution in [3.05, 3.63) is 35.9 Å². The van der Waals surface area contributed by atoms with E-state index in [0.29, 0.717) is 17.9 Å². The molecule has 1 saturated heterocycles. The summed E-state index contributed by atoms with van der Waals surface area (Å²) in [6, 6.07) is 10.7. The molecule has 20 heavy (non-hydrogen) atoms. The van der Waals surface area contributed by atoms with Crippen LogP contribution in [0.15, 0.2) is 30.3 Å². The molecule has 2 unspecified atom stereocenters. The Hall–Kier alpha value is -1.55. The van der Waals surface area contributed by atoms with E-state index in [0.717, 1.165) is 32.4 Å². The Labute approximate surface area is 119 Å². The monoisotopic (exact) mass is 274 g/mol. The summed E-state index contributed by atoms with van der Waals surface area (Å²) in [5.74, 6) is 0.854. The molecule has 1 saturated carbocycles. The Bertz CT molecular complexity index is 455. The zero-order chi connectivity index (χ0) is 13.9. The van der Waals surface area contributed by atoms with Gasteiger partial charge in [0.25, 0.3) is 0 Å². The normalized spacial score (nSPS) is 26.4. The van der Waals surface area contributed by atoms with Crippen LogP contribution in [0.25, 0.3) is 0 Å². The molecule has 3 rings (SSSR count). The maximum Gasteiger partial charge on any atom is 0.317 e. The first-order valence-electron chi connectivity index (χ1n) is 7.49. The van der Waals surface area contributed by atoms with Crippen molar-refractivity contribution in [2.24, 2.45) is 5.92 Å². The molecule has 0 spiro atoms. The first-order chi connectivity index (χ1) is 9.78. The van der Waals surface area contributed by atoms with Crippen LogP contribution in [0, 0.1) is 5.92 Å². The van der Waals surface area contributed by atoms with Crippen molar-refractivity contribution in [3.63, 3.8) is 0 Å². The van der Waals surface area contributed by atoms with Crippen LogP contribution in [0.4, 0.5) is 4.79 Å². The van der Waals surface area contributed by atoms with Crippen molar-refractivity contribution in [3.8, 4) is 0 Å². The number of urea groups is 1. The predicted molar refractivity (Wildman–Crippen MR) is 77.5 cm³/mol. The molecule has 0 bridgehead atoms. The molecule has 2 atom stereocenters. The van der Waals surface area contributed by atoms with Gasteiger partial charge >= 0.3 is 6.03 Å². The van der Waals surface area contributed by atoms with Gasteiger partial charge in [0.1, 0.15) is 0 Å². The second-order valence-electron chi connectivity index (χ2n) is 5.92. The van der Waals surface area contributed by atoms with E-state index in [9.17, 15) is 4.79 Å². The SMILES string of the molecule is O=C(NC1CC1c1ccccc1)N1CCC(CO)CC1. The van der Waals surface area contributed by atoms with Gasteiger partial charge in [0, 0.05) is 31.7 Å². The molecule has 4 nitrogen and oxygen atoms in total. The highest BCUT2D eigenvalue weighted by atomic mass is 16.3. The number of piperidine rings is 1. The quantitative estimate of drug-likeness (QED) is 0.885. The molecule has 108 valence electrons. The van der Waals surface area contributed by atoms with E-state index in [2.05, 4.69) is 17.4 Å². The minimum Gasteiger partial charge on any atom is -0.396 e. The standard InChI is InChI=1S/C16H22N2O2/c19-11-12-6-8-18(9-7-12)16(20)17-15-10-14(15)13-4-2-1-3-5-13/h1-5,12,14-15,19H,6-11H2,(H,17,20). The van der Waals surface area contributed by atoms with Gasteiger partial charge in [-0.25, -0.2) is 4.79 Å². The molecular formula is C16H22N2O2. The van der Waals surface area contributed by atoms with Gasteiger partial charge in [-0.1, -0.05) is 30.3 Å². The number of amides is 2. The second kappa shape index (κ2) is 5.83. The molecule has 1 aromatic rings. The summed E-state index contributed by atoms with van der Waals surface area (Å²) in [5.41, 5.74) is 1.32. The van der Waals surface area contributed by atoms with E-state index in [-0.39, 0.29) is 12.6 Å². The maximum atomic E-state index is 12.2. The Morgan fingerprint density at radius 3 is 2.60 bits per heavy atom. The lowest BCUT2D eigenvalue weighted by Crippen LogP contribution is -2.45. The van der Waals surface area contributed by atoms with Gasteiger partial charge in [0.2, 0.25) is 0 Å². The topological polar surface area (TPSA) is 52.6 Å². The van der Waals surface area contributed by atoms with Crippen LogP contribution in [0.2, 0.25) is 0 Å². The van der Waals surface area contributed by atoms with Crippen LogP contribution in [0.3, 0.4) is 0 Å². The Balaban J connectivity index is 1.47. The Morgan fingerprint density at radius 1 is 1.25 bits per heavy atom. The van der Waals surface area contributed by atoms with Crippen molar-refractivity contribution < 1.29 is 9.90 Å². The summed E-state index contributed by atoms with van der Waals surface area (Å²) in [6.07, 6.45) is 2.87. The molecule has 1 aliphatic carbocycles. The number of carbonyl (C=O) groups excluding carboxylic acids is 1. The maximum absolute atomic E-state index is 12.2. The smallest absolute Gasteiger partial charge is 0.317 e. The van der Waals surface area contributed by atoms with Crippen LogP contribution in [-0.2, 0) is 0 Å². The van der Waals surface area contributed by atoms with Crippen LogP contribution >= 0.6 is 0 Å². The minimum atomic E-state index is 0.0600. The fourth-order valence-corrected chi connectivity index (χ4v) is 2.99. The number of nitrogens with zero attached hydrogens (tertiary/aromatic N) is 1. The van der Waals surface area contributed by atoms with Crippen molar-refractivity contribution in [2.45, 2.75) is 31.2 Å². The molecule has 2 aliphatic rings. The molecule has 1 aromatic carbocycles. The lowest BCUT2D eigenvalue weighted by atomic mass is 9.98. The summed E-state index contributed by atoms with van der Waals surface area (Å²) in [5, 5.41) is 12.2. The highest BCUT2D eigenvalue weighted by Gasteiger charge is 2.40. The van der Waals surface area contributed by atoms with Crippen molar-refractivity contribution >= 4 is 6.03 Å². The van der Waals surface area contributed by atoms with Gasteiger partial charge in [-0.2, -0.15) is 0 Å². The molecule has 0 aromatic heterocycles. The number of hydrogen-bond acceptors (Lipinski definition) is 2. The van der Waals surface area contributed by atoms with E-state index in [4.69, 9.17) is 5.11 Å². The average Bonchev–Trinajstić information content (AvgIpc) is 3.27. The largest absolute Gasteiger partial charge is 0.396 e. The third kappa shape index (κ3) is 2.96. The predicted octanol–water partition coefficient (Wildman–Crippen LogP) is 1.96. The summed E-state index contributed by atoms with van der Waals surface area (Å²) >= 11 is 0. The number of likely N-dealkylation sites (tertiary alicyclic amines) is 1. The summed E-state index contributed by atoms with van der Waals surface area (Å²) in [6.45, 7) is 1.77. The molecule has 2 N–H and O–H groups in total. The number of rotatable bonds is 3. The lowest BCUT2D eigenvalue weighted by molar-refractivity contribution is 0.137. The van der Waals surface area contributed by atoms with Crippen LogP contribution < -0.4 is 5.32 Å². The highest BCUT2D eigenvalue weighted by Crippen LogP contribution is 2.40. The number of carbonyl (C=O) groups is 1. The number of benzene rings is 1. The number of aliphatic hydroxyl groups excluding tert-OH is 1. The van der Waals surface area contributed by atoms with E-state index in [1.807, 2.05) is 23.1 Å². The van der Waals surface area contributed by atoms with E-state index in [1.54, 1.807) is 0 Å². The summed E-state index contributed by atoms with van der Waals surface area (Å²) < 4.78 is 0. The molecule has 2 amide bonds. The average molecular weight is 274 g/mol. The third-order valence-corrected chi connectivity index (χ3v) is 4.49. The number of hydrogen-bond donors (Lipinski definition) is 2. The number of aliphatic hydroxyl groups is 1. The first-order valence-corrected chi connectivity index (χ1v) is 7.49. The lowest BCUT2D eigenvalue weighted by Gasteiger charge is -2.31. The van der Waals surface area contributed by atoms with Gasteiger partial charge in [-0.3, -0.25) is 0 Å². The second-order valence-corrected chi connectivity index (χ2v) is 5.92. The zero-order valence-electron chi connectivity index (χ0n) is 11.7. The highest BCUT2D eigenvalue weighted by molar-refractivity contribution is 5.75. The summed E-state index contributed by atoms with van der Waals surface area (Å²) in [4.78, 5) is 14.1. The molecule has 1 aliphatic heterocycles. The molecule has 2 fully saturated rings. The van der Waals surface area contributed by atoms with E-state index >= 15 is 0 Å². The fraction of sp³-hybridized carbons (Fsp3) is 0.562. The van der Waals surface area contributed by atoms with Gasteiger partial charge in [0.15, 0.2) is 0 Å². The first kappa shape index (κ1) is 13.4. The molecule has 1 heterocycles. The van der Waals surface area contributed by atoms with E-state index < -0.39 is 0 Å². The van der Waals surface area contributed by atoms with Gasteiger partial charge < -0.3 is 15.3 Å². The molecule has 4 heteroatoms. The Kier molecular flexibility index (Phi) is 3.92.